The highest BCUT2D eigenvalue weighted by Crippen LogP contribution is 2.27. The third kappa shape index (κ3) is 2.92. The summed E-state index contributed by atoms with van der Waals surface area (Å²) < 4.78 is 1.10. The minimum Gasteiger partial charge on any atom is -0.258 e. The number of amidine groups is 1. The van der Waals surface area contributed by atoms with Crippen molar-refractivity contribution in [2.45, 2.75) is 0 Å². The zero-order chi connectivity index (χ0) is 15.7. The van der Waals surface area contributed by atoms with E-state index in [0.29, 0.717) is 5.69 Å². The summed E-state index contributed by atoms with van der Waals surface area (Å²) in [5.41, 5.74) is 4.39. The van der Waals surface area contributed by atoms with E-state index >= 15 is 0 Å². The Balaban J connectivity index is 1.92. The summed E-state index contributed by atoms with van der Waals surface area (Å²) in [6.07, 6.45) is 0. The van der Waals surface area contributed by atoms with E-state index in [-0.39, 0.29) is 11.0 Å². The van der Waals surface area contributed by atoms with Crippen molar-refractivity contribution in [3.63, 3.8) is 0 Å². The van der Waals surface area contributed by atoms with Crippen LogP contribution < -0.4 is 15.7 Å². The van der Waals surface area contributed by atoms with Crippen LogP contribution >= 0.6 is 34.2 Å². The Labute approximate surface area is 144 Å². The van der Waals surface area contributed by atoms with Gasteiger partial charge in [-0.1, -0.05) is 0 Å². The molecule has 1 aliphatic rings. The minimum atomic E-state index is -0.443. The second-order valence-corrected chi connectivity index (χ2v) is 5.96. The molecule has 7 nitrogen and oxygen atoms in total. The van der Waals surface area contributed by atoms with Crippen molar-refractivity contribution in [3.05, 3.63) is 62.2 Å². The van der Waals surface area contributed by atoms with Crippen LogP contribution in [0.25, 0.3) is 0 Å². The fourth-order valence-corrected chi connectivity index (χ4v) is 2.43. The largest absolute Gasteiger partial charge is 0.269 e. The molecule has 0 saturated carbocycles. The summed E-state index contributed by atoms with van der Waals surface area (Å²) in [6.45, 7) is 0. The summed E-state index contributed by atoms with van der Waals surface area (Å²) in [4.78, 5) is 10.3. The molecule has 2 aromatic rings. The highest BCUT2D eigenvalue weighted by molar-refractivity contribution is 14.1. The van der Waals surface area contributed by atoms with Gasteiger partial charge in [0.05, 0.1) is 16.3 Å². The summed E-state index contributed by atoms with van der Waals surface area (Å²) in [7, 11) is 0. The summed E-state index contributed by atoms with van der Waals surface area (Å²) in [6, 6.07) is 13.8. The molecule has 2 aromatic carbocycles. The van der Waals surface area contributed by atoms with Gasteiger partial charge in [0.15, 0.2) is 0 Å². The van der Waals surface area contributed by atoms with Gasteiger partial charge in [-0.3, -0.25) is 10.1 Å². The first-order valence-electron chi connectivity index (χ1n) is 6.15. The second-order valence-electron chi connectivity index (χ2n) is 4.35. The number of hydrogen-bond acceptors (Lipinski definition) is 6. The average molecular weight is 430 g/mol. The van der Waals surface area contributed by atoms with Gasteiger partial charge >= 0.3 is 0 Å². The predicted octanol–water partition coefficient (Wildman–Crippen LogP) is 3.46. The molecule has 22 heavy (non-hydrogen) atoms. The Bertz CT molecular complexity index is 735. The average Bonchev–Trinajstić information content (AvgIpc) is 2.90. The first-order chi connectivity index (χ1) is 10.5. The van der Waals surface area contributed by atoms with E-state index in [9.17, 15) is 10.1 Å². The van der Waals surface area contributed by atoms with Gasteiger partial charge in [0.25, 0.3) is 5.69 Å². The predicted molar refractivity (Wildman–Crippen MR) is 93.6 cm³/mol. The van der Waals surface area contributed by atoms with Crippen LogP contribution in [0.4, 0.5) is 17.1 Å². The Kier molecular flexibility index (Phi) is 4.03. The highest BCUT2D eigenvalue weighted by Gasteiger charge is 2.24. The molecule has 0 aromatic heterocycles. The summed E-state index contributed by atoms with van der Waals surface area (Å²) in [5, 5.41) is 18.3. The summed E-state index contributed by atoms with van der Waals surface area (Å²) in [5.74, 6) is 0. The maximum absolute atomic E-state index is 10.7. The van der Waals surface area contributed by atoms with Crippen molar-refractivity contribution in [2.75, 3.05) is 10.2 Å². The lowest BCUT2D eigenvalue weighted by atomic mass is 10.3. The topological polar surface area (TPSA) is 74.0 Å². The number of nitro benzene ring substituents is 1. The van der Waals surface area contributed by atoms with Crippen LogP contribution in [-0.2, 0) is 0 Å². The van der Waals surface area contributed by atoms with Gasteiger partial charge in [-0.05, 0) is 70.6 Å². The Morgan fingerprint density at radius 1 is 1.09 bits per heavy atom. The fraction of sp³-hybridized carbons (Fsp3) is 0. The maximum Gasteiger partial charge on any atom is 0.269 e. The molecule has 0 atom stereocenters. The normalized spacial score (nSPS) is 13.8. The first kappa shape index (κ1) is 14.9. The third-order valence-electron chi connectivity index (χ3n) is 2.93. The number of hydrogen-bond donors (Lipinski definition) is 1. The molecule has 0 bridgehead atoms. The minimum absolute atomic E-state index is 0.0239. The van der Waals surface area contributed by atoms with Gasteiger partial charge in [0.2, 0.25) is 5.29 Å². The molecule has 0 aliphatic carbocycles. The molecule has 0 unspecified atom stereocenters. The lowest BCUT2D eigenvalue weighted by Crippen LogP contribution is -2.43. The van der Waals surface area contributed by atoms with Gasteiger partial charge < -0.3 is 0 Å². The molecule has 0 spiro atoms. The molecule has 9 heteroatoms. The van der Waals surface area contributed by atoms with Crippen LogP contribution in [0.2, 0.25) is 0 Å². The monoisotopic (exact) mass is 429 g/mol. The molecular weight excluding hydrogens is 421 g/mol. The number of hydrazone groups is 1. The zero-order valence-corrected chi connectivity index (χ0v) is 13.9. The van der Waals surface area contributed by atoms with Crippen molar-refractivity contribution < 1.29 is 4.92 Å². The van der Waals surface area contributed by atoms with E-state index in [4.69, 9.17) is 11.6 Å². The molecule has 1 heterocycles. The second kappa shape index (κ2) is 5.97. The molecule has 3 rings (SSSR count). The van der Waals surface area contributed by atoms with Crippen LogP contribution in [0.3, 0.4) is 0 Å². The van der Waals surface area contributed by atoms with Gasteiger partial charge in [-0.25, -0.2) is 5.43 Å². The number of nitrogens with one attached hydrogen (secondary N) is 1. The quantitative estimate of drug-likeness (QED) is 0.350. The smallest absolute Gasteiger partial charge is 0.258 e. The highest BCUT2D eigenvalue weighted by atomic mass is 127. The Hall–Kier alpha value is -2.07. The molecule has 1 aliphatic heterocycles. The van der Waals surface area contributed by atoms with Crippen molar-refractivity contribution >= 4 is 56.5 Å². The number of non-ortho nitro benzene ring substituents is 1. The van der Waals surface area contributed by atoms with Gasteiger partial charge in [0.1, 0.15) is 0 Å². The van der Waals surface area contributed by atoms with Crippen LogP contribution in [0.5, 0.6) is 0 Å². The van der Waals surface area contributed by atoms with Crippen LogP contribution in [-0.4, -0.2) is 10.2 Å². The number of nitrogens with zero attached hydrogens (tertiary/aromatic N) is 4. The Morgan fingerprint density at radius 3 is 2.27 bits per heavy atom. The Morgan fingerprint density at radius 2 is 1.68 bits per heavy atom. The molecule has 0 amide bonds. The fourth-order valence-electron chi connectivity index (χ4n) is 1.92. The van der Waals surface area contributed by atoms with E-state index in [1.54, 1.807) is 22.4 Å². The SMILES string of the molecule is O=[N+]([O-])c1ccc(N2NC(Cl)=NN2c2ccc(I)cc2)cc1. The molecule has 0 radical (unpaired) electrons. The van der Waals surface area contributed by atoms with Crippen molar-refractivity contribution in [1.82, 2.24) is 5.43 Å². The first-order valence-corrected chi connectivity index (χ1v) is 7.61. The number of anilines is 2. The number of rotatable bonds is 3. The lowest BCUT2D eigenvalue weighted by molar-refractivity contribution is -0.384. The maximum atomic E-state index is 10.7. The molecule has 0 fully saturated rings. The molecule has 112 valence electrons. The van der Waals surface area contributed by atoms with Crippen LogP contribution in [0, 0.1) is 13.7 Å². The number of nitro groups is 1. The number of halogens is 2. The standard InChI is InChI=1S/C13H9ClIN5O2/c14-13-16-18(10-3-1-9(15)2-4-10)19(17-13)11-5-7-12(8-6-11)20(21)22/h1-8H,(H,16,17). The van der Waals surface area contributed by atoms with E-state index in [1.807, 2.05) is 24.3 Å². The van der Waals surface area contributed by atoms with Gasteiger partial charge in [0, 0.05) is 15.7 Å². The van der Waals surface area contributed by atoms with Crippen LogP contribution in [0.15, 0.2) is 53.6 Å². The summed E-state index contributed by atoms with van der Waals surface area (Å²) >= 11 is 8.18. The van der Waals surface area contributed by atoms with Crippen molar-refractivity contribution in [2.24, 2.45) is 5.10 Å². The molecule has 0 saturated heterocycles. The van der Waals surface area contributed by atoms with E-state index in [0.717, 1.165) is 9.26 Å². The molecule has 1 N–H and O–H groups in total. The number of hydrazine groups is 2. The van der Waals surface area contributed by atoms with Crippen molar-refractivity contribution in [1.29, 1.82) is 0 Å². The van der Waals surface area contributed by atoms with Gasteiger partial charge in [-0.2, -0.15) is 5.12 Å². The van der Waals surface area contributed by atoms with Crippen LogP contribution in [0.1, 0.15) is 0 Å². The third-order valence-corrected chi connectivity index (χ3v) is 3.81. The van der Waals surface area contributed by atoms with Crippen molar-refractivity contribution in [3.8, 4) is 0 Å². The van der Waals surface area contributed by atoms with E-state index in [1.165, 1.54) is 12.1 Å². The van der Waals surface area contributed by atoms with Gasteiger partial charge in [-0.15, -0.1) is 10.2 Å². The zero-order valence-electron chi connectivity index (χ0n) is 11.0. The lowest BCUT2D eigenvalue weighted by Gasteiger charge is -2.27. The van der Waals surface area contributed by atoms with E-state index < -0.39 is 4.92 Å². The number of benzene rings is 2. The van der Waals surface area contributed by atoms with E-state index in [2.05, 4.69) is 33.1 Å². The molecular formula is C13H9ClIN5O2.